The SMILES string of the molecule is CNC(=O)C1CN(C(=O)Cc2ccc3c(c2)OCCO3)c2ccccc2O1. The van der Waals surface area contributed by atoms with Gasteiger partial charge in [-0.2, -0.15) is 0 Å². The maximum Gasteiger partial charge on any atom is 0.262 e. The standard InChI is InChI=1S/C20H20N2O5/c1-21-20(24)18-12-22(14-4-2-3-5-15(14)27-18)19(23)11-13-6-7-16-17(10-13)26-9-8-25-16/h2-7,10,18H,8-9,11-12H2,1H3,(H,21,24). The molecule has 0 fully saturated rings. The zero-order valence-electron chi connectivity index (χ0n) is 14.9. The Balaban J connectivity index is 1.57. The Morgan fingerprint density at radius 3 is 2.67 bits per heavy atom. The molecule has 0 spiro atoms. The maximum atomic E-state index is 13.0. The summed E-state index contributed by atoms with van der Waals surface area (Å²) >= 11 is 0. The molecular weight excluding hydrogens is 348 g/mol. The van der Waals surface area contributed by atoms with E-state index in [4.69, 9.17) is 14.2 Å². The molecule has 0 aromatic heterocycles. The van der Waals surface area contributed by atoms with Crippen LogP contribution in [0, 0.1) is 0 Å². The van der Waals surface area contributed by atoms with Crippen LogP contribution in [0.3, 0.4) is 0 Å². The van der Waals surface area contributed by atoms with Gasteiger partial charge in [-0.1, -0.05) is 18.2 Å². The van der Waals surface area contributed by atoms with Gasteiger partial charge in [-0.25, -0.2) is 0 Å². The molecule has 2 amide bonds. The van der Waals surface area contributed by atoms with Crippen LogP contribution < -0.4 is 24.4 Å². The number of fused-ring (bicyclic) bond motifs is 2. The first-order valence-electron chi connectivity index (χ1n) is 8.82. The zero-order valence-corrected chi connectivity index (χ0v) is 14.9. The molecule has 1 unspecified atom stereocenters. The number of carbonyl (C=O) groups excluding carboxylic acids is 2. The van der Waals surface area contributed by atoms with E-state index < -0.39 is 6.10 Å². The third-order valence-corrected chi connectivity index (χ3v) is 4.58. The number of rotatable bonds is 3. The summed E-state index contributed by atoms with van der Waals surface area (Å²) in [5.74, 6) is 1.48. The number of carbonyl (C=O) groups is 2. The van der Waals surface area contributed by atoms with Crippen molar-refractivity contribution in [2.45, 2.75) is 12.5 Å². The molecule has 2 aromatic carbocycles. The largest absolute Gasteiger partial charge is 0.486 e. The van der Waals surface area contributed by atoms with Crippen molar-refractivity contribution in [3.05, 3.63) is 48.0 Å². The highest BCUT2D eigenvalue weighted by Gasteiger charge is 2.33. The van der Waals surface area contributed by atoms with Crippen molar-refractivity contribution in [3.8, 4) is 17.2 Å². The summed E-state index contributed by atoms with van der Waals surface area (Å²) in [4.78, 5) is 26.7. The number of nitrogens with one attached hydrogen (secondary N) is 1. The molecule has 2 aliphatic heterocycles. The normalized spacial score (nSPS) is 17.5. The zero-order chi connectivity index (χ0) is 18.8. The quantitative estimate of drug-likeness (QED) is 0.889. The topological polar surface area (TPSA) is 77.1 Å². The Bertz CT molecular complexity index is 882. The van der Waals surface area contributed by atoms with Gasteiger partial charge < -0.3 is 24.4 Å². The third kappa shape index (κ3) is 3.40. The fourth-order valence-electron chi connectivity index (χ4n) is 3.24. The number of hydrogen-bond donors (Lipinski definition) is 1. The first-order chi connectivity index (χ1) is 13.2. The van der Waals surface area contributed by atoms with Crippen LogP contribution in [-0.2, 0) is 16.0 Å². The lowest BCUT2D eigenvalue weighted by atomic mass is 10.1. The summed E-state index contributed by atoms with van der Waals surface area (Å²) in [5.41, 5.74) is 1.49. The van der Waals surface area contributed by atoms with Gasteiger partial charge in [0.25, 0.3) is 5.91 Å². The van der Waals surface area contributed by atoms with Crippen LogP contribution in [0.2, 0.25) is 0 Å². The van der Waals surface area contributed by atoms with Crippen LogP contribution in [0.15, 0.2) is 42.5 Å². The number of para-hydroxylation sites is 2. The second-order valence-corrected chi connectivity index (χ2v) is 6.35. The number of amides is 2. The number of ether oxygens (including phenoxy) is 3. The summed E-state index contributed by atoms with van der Waals surface area (Å²) in [7, 11) is 1.55. The van der Waals surface area contributed by atoms with Crippen LogP contribution in [0.4, 0.5) is 5.69 Å². The minimum absolute atomic E-state index is 0.115. The van der Waals surface area contributed by atoms with Gasteiger partial charge in [0.15, 0.2) is 17.6 Å². The van der Waals surface area contributed by atoms with Crippen molar-refractivity contribution in [1.29, 1.82) is 0 Å². The van der Waals surface area contributed by atoms with Gasteiger partial charge >= 0.3 is 0 Å². The maximum absolute atomic E-state index is 13.0. The van der Waals surface area contributed by atoms with E-state index in [2.05, 4.69) is 5.32 Å². The van der Waals surface area contributed by atoms with E-state index >= 15 is 0 Å². The molecule has 2 aromatic rings. The number of nitrogens with zero attached hydrogens (tertiary/aromatic N) is 1. The van der Waals surface area contributed by atoms with Crippen molar-refractivity contribution in [2.75, 3.05) is 31.7 Å². The van der Waals surface area contributed by atoms with E-state index in [9.17, 15) is 9.59 Å². The molecule has 1 N–H and O–H groups in total. The van der Waals surface area contributed by atoms with Gasteiger partial charge in [0.05, 0.1) is 18.7 Å². The Morgan fingerprint density at radius 2 is 1.85 bits per heavy atom. The molecule has 1 atom stereocenters. The van der Waals surface area contributed by atoms with E-state index in [1.807, 2.05) is 36.4 Å². The van der Waals surface area contributed by atoms with Gasteiger partial charge in [0.1, 0.15) is 19.0 Å². The van der Waals surface area contributed by atoms with Crippen molar-refractivity contribution in [2.24, 2.45) is 0 Å². The van der Waals surface area contributed by atoms with Crippen molar-refractivity contribution < 1.29 is 23.8 Å². The highest BCUT2D eigenvalue weighted by atomic mass is 16.6. The van der Waals surface area contributed by atoms with Gasteiger partial charge in [-0.3, -0.25) is 9.59 Å². The molecule has 2 aliphatic rings. The van der Waals surface area contributed by atoms with E-state index in [-0.39, 0.29) is 24.8 Å². The molecule has 2 heterocycles. The second kappa shape index (κ2) is 7.19. The van der Waals surface area contributed by atoms with Crippen LogP contribution in [0.1, 0.15) is 5.56 Å². The number of anilines is 1. The first kappa shape index (κ1) is 17.2. The minimum atomic E-state index is -0.742. The average Bonchev–Trinajstić information content (AvgIpc) is 2.72. The van der Waals surface area contributed by atoms with Crippen LogP contribution in [0.25, 0.3) is 0 Å². The van der Waals surface area contributed by atoms with E-state index in [1.165, 1.54) is 0 Å². The molecule has 0 saturated carbocycles. The van der Waals surface area contributed by atoms with Crippen LogP contribution in [-0.4, -0.2) is 44.7 Å². The molecule has 0 radical (unpaired) electrons. The highest BCUT2D eigenvalue weighted by molar-refractivity contribution is 5.98. The summed E-state index contributed by atoms with van der Waals surface area (Å²) in [6.45, 7) is 1.19. The number of hydrogen-bond acceptors (Lipinski definition) is 5. The molecule has 7 nitrogen and oxygen atoms in total. The van der Waals surface area contributed by atoms with Crippen molar-refractivity contribution in [1.82, 2.24) is 5.32 Å². The smallest absolute Gasteiger partial charge is 0.262 e. The molecule has 7 heteroatoms. The molecule has 0 aliphatic carbocycles. The Kier molecular flexibility index (Phi) is 4.58. The predicted molar refractivity (Wildman–Crippen MR) is 98.4 cm³/mol. The fraction of sp³-hybridized carbons (Fsp3) is 0.300. The summed E-state index contributed by atoms with van der Waals surface area (Å²) < 4.78 is 16.9. The Morgan fingerprint density at radius 1 is 1.07 bits per heavy atom. The molecule has 0 bridgehead atoms. The number of benzene rings is 2. The minimum Gasteiger partial charge on any atom is -0.486 e. The van der Waals surface area contributed by atoms with Gasteiger partial charge in [0, 0.05) is 7.05 Å². The van der Waals surface area contributed by atoms with Crippen molar-refractivity contribution in [3.63, 3.8) is 0 Å². The van der Waals surface area contributed by atoms with Crippen LogP contribution in [0.5, 0.6) is 17.2 Å². The second-order valence-electron chi connectivity index (χ2n) is 6.35. The van der Waals surface area contributed by atoms with Crippen LogP contribution >= 0.6 is 0 Å². The molecule has 4 rings (SSSR count). The molecule has 27 heavy (non-hydrogen) atoms. The molecule has 140 valence electrons. The third-order valence-electron chi connectivity index (χ3n) is 4.58. The van der Waals surface area contributed by atoms with E-state index in [0.717, 1.165) is 5.56 Å². The Labute approximate surface area is 156 Å². The summed E-state index contributed by atoms with van der Waals surface area (Å²) in [5, 5.41) is 2.58. The lowest BCUT2D eigenvalue weighted by molar-refractivity contribution is -0.127. The predicted octanol–water partition coefficient (Wildman–Crippen LogP) is 1.54. The lowest BCUT2D eigenvalue weighted by Gasteiger charge is -2.34. The summed E-state index contributed by atoms with van der Waals surface area (Å²) in [6, 6.07) is 12.7. The van der Waals surface area contributed by atoms with Gasteiger partial charge in [-0.15, -0.1) is 0 Å². The fourth-order valence-corrected chi connectivity index (χ4v) is 3.24. The van der Waals surface area contributed by atoms with Crippen molar-refractivity contribution >= 4 is 17.5 Å². The highest BCUT2D eigenvalue weighted by Crippen LogP contribution is 2.34. The monoisotopic (exact) mass is 368 g/mol. The lowest BCUT2D eigenvalue weighted by Crippen LogP contribution is -2.50. The Hall–Kier alpha value is -3.22. The molecule has 0 saturated heterocycles. The summed E-state index contributed by atoms with van der Waals surface area (Å²) in [6.07, 6.45) is -0.556. The van der Waals surface area contributed by atoms with E-state index in [1.54, 1.807) is 18.0 Å². The van der Waals surface area contributed by atoms with E-state index in [0.29, 0.717) is 36.1 Å². The average molecular weight is 368 g/mol. The van der Waals surface area contributed by atoms with Gasteiger partial charge in [-0.05, 0) is 29.8 Å². The van der Waals surface area contributed by atoms with Gasteiger partial charge in [0.2, 0.25) is 5.91 Å². The number of likely N-dealkylation sites (N-methyl/N-ethyl adjacent to an activating group) is 1. The first-order valence-corrected chi connectivity index (χ1v) is 8.82. The molecular formula is C20H20N2O5.